The van der Waals surface area contributed by atoms with Crippen LogP contribution < -0.4 is 5.32 Å². The van der Waals surface area contributed by atoms with Crippen LogP contribution in [0.25, 0.3) is 0 Å². The van der Waals surface area contributed by atoms with Crippen LogP contribution in [0.5, 0.6) is 0 Å². The number of nitrogens with one attached hydrogen (secondary N) is 1. The Morgan fingerprint density at radius 2 is 1.95 bits per heavy atom. The third kappa shape index (κ3) is 4.32. The number of benzene rings is 1. The molecule has 2 atom stereocenters. The van der Waals surface area contributed by atoms with Crippen molar-refractivity contribution in [2.24, 2.45) is 5.92 Å². The predicted molar refractivity (Wildman–Crippen MR) is 89.2 cm³/mol. The quantitative estimate of drug-likeness (QED) is 0.904. The summed E-state index contributed by atoms with van der Waals surface area (Å²) in [5, 5.41) is 12.7. The lowest BCUT2D eigenvalue weighted by atomic mass is 9.86. The van der Waals surface area contributed by atoms with E-state index in [1.54, 1.807) is 0 Å². The summed E-state index contributed by atoms with van der Waals surface area (Å²) < 4.78 is 0. The van der Waals surface area contributed by atoms with Gasteiger partial charge in [-0.1, -0.05) is 30.7 Å². The van der Waals surface area contributed by atoms with Crippen LogP contribution >= 0.6 is 0 Å². The summed E-state index contributed by atoms with van der Waals surface area (Å²) in [6.07, 6.45) is 7.20. The molecule has 1 aliphatic carbocycles. The van der Waals surface area contributed by atoms with E-state index in [2.05, 4.69) is 40.6 Å². The molecule has 1 saturated heterocycles. The van der Waals surface area contributed by atoms with Crippen molar-refractivity contribution in [1.29, 1.82) is 5.26 Å². The molecule has 2 aliphatic rings. The van der Waals surface area contributed by atoms with Crippen molar-refractivity contribution >= 4 is 0 Å². The van der Waals surface area contributed by atoms with Gasteiger partial charge >= 0.3 is 0 Å². The molecule has 1 aromatic rings. The molecular formula is C19H27N3. The van der Waals surface area contributed by atoms with Crippen molar-refractivity contribution in [3.63, 3.8) is 0 Å². The van der Waals surface area contributed by atoms with Crippen molar-refractivity contribution in [3.05, 3.63) is 35.4 Å². The maximum Gasteiger partial charge on any atom is 0.0656 e. The molecule has 1 heterocycles. The number of hydrogen-bond acceptors (Lipinski definition) is 3. The fourth-order valence-electron chi connectivity index (χ4n) is 3.79. The highest BCUT2D eigenvalue weighted by atomic mass is 15.1. The van der Waals surface area contributed by atoms with E-state index in [1.807, 2.05) is 0 Å². The average molecular weight is 297 g/mol. The number of rotatable bonds is 5. The van der Waals surface area contributed by atoms with E-state index in [0.29, 0.717) is 6.04 Å². The highest BCUT2D eigenvalue weighted by Crippen LogP contribution is 2.24. The molecule has 0 spiro atoms. The van der Waals surface area contributed by atoms with Gasteiger partial charge in [-0.3, -0.25) is 4.90 Å². The summed E-state index contributed by atoms with van der Waals surface area (Å²) in [4.78, 5) is 2.55. The molecule has 2 fully saturated rings. The molecule has 1 N–H and O–H groups in total. The summed E-state index contributed by atoms with van der Waals surface area (Å²) >= 11 is 0. The van der Waals surface area contributed by atoms with Crippen LogP contribution in [0.3, 0.4) is 0 Å². The molecule has 3 rings (SSSR count). The fraction of sp³-hybridized carbons (Fsp3) is 0.632. The minimum absolute atomic E-state index is 0.257. The normalized spacial score (nSPS) is 26.0. The molecule has 0 radical (unpaired) electrons. The standard InChI is InChI=1S/C19H27N3/c20-13-16-5-4-8-19(12-16)21-14-17-6-3-7-18(11-17)15-22-9-1-2-10-22/h3,6-7,11,16,19,21H,1-2,4-5,8-10,12,14-15H2/t16-,19+/m0/s1. The summed E-state index contributed by atoms with van der Waals surface area (Å²) in [5.74, 6) is 0.257. The molecule has 1 aromatic carbocycles. The molecule has 0 amide bonds. The van der Waals surface area contributed by atoms with Gasteiger partial charge < -0.3 is 5.32 Å². The van der Waals surface area contributed by atoms with Gasteiger partial charge in [-0.15, -0.1) is 0 Å². The van der Waals surface area contributed by atoms with Crippen LogP contribution in [0.4, 0.5) is 0 Å². The minimum Gasteiger partial charge on any atom is -0.310 e. The Bertz CT molecular complexity index is 514. The van der Waals surface area contributed by atoms with Gasteiger partial charge in [-0.25, -0.2) is 0 Å². The number of nitriles is 1. The van der Waals surface area contributed by atoms with Crippen molar-refractivity contribution in [2.75, 3.05) is 13.1 Å². The van der Waals surface area contributed by atoms with Crippen LogP contribution in [0, 0.1) is 17.2 Å². The zero-order valence-electron chi connectivity index (χ0n) is 13.4. The Kier molecular flexibility index (Phi) is 5.48. The van der Waals surface area contributed by atoms with E-state index in [9.17, 15) is 0 Å². The van der Waals surface area contributed by atoms with Gasteiger partial charge in [0.25, 0.3) is 0 Å². The summed E-state index contributed by atoms with van der Waals surface area (Å²) in [6, 6.07) is 11.9. The third-order valence-corrected chi connectivity index (χ3v) is 5.05. The van der Waals surface area contributed by atoms with Gasteiger partial charge in [-0.2, -0.15) is 5.26 Å². The van der Waals surface area contributed by atoms with Crippen LogP contribution in [0.2, 0.25) is 0 Å². The van der Waals surface area contributed by atoms with Crippen LogP contribution in [0.15, 0.2) is 24.3 Å². The Hall–Kier alpha value is -1.37. The molecular weight excluding hydrogens is 270 g/mol. The summed E-state index contributed by atoms with van der Waals surface area (Å²) in [5.41, 5.74) is 2.80. The van der Waals surface area contributed by atoms with Crippen LogP contribution in [0.1, 0.15) is 49.7 Å². The molecule has 118 valence electrons. The van der Waals surface area contributed by atoms with Gasteiger partial charge in [0.1, 0.15) is 0 Å². The van der Waals surface area contributed by atoms with Gasteiger partial charge in [0, 0.05) is 25.0 Å². The van der Waals surface area contributed by atoms with Crippen LogP contribution in [-0.2, 0) is 13.1 Å². The smallest absolute Gasteiger partial charge is 0.0656 e. The molecule has 0 unspecified atom stereocenters. The maximum absolute atomic E-state index is 9.08. The molecule has 1 saturated carbocycles. The molecule has 3 nitrogen and oxygen atoms in total. The first-order valence-corrected chi connectivity index (χ1v) is 8.76. The Morgan fingerprint density at radius 3 is 2.77 bits per heavy atom. The van der Waals surface area contributed by atoms with Gasteiger partial charge in [-0.05, 0) is 56.3 Å². The molecule has 0 aromatic heterocycles. The predicted octanol–water partition coefficient (Wildman–Crippen LogP) is 3.45. The Morgan fingerprint density at radius 1 is 1.14 bits per heavy atom. The van der Waals surface area contributed by atoms with E-state index < -0.39 is 0 Å². The van der Waals surface area contributed by atoms with E-state index in [1.165, 1.54) is 49.9 Å². The second-order valence-corrected chi connectivity index (χ2v) is 6.87. The van der Waals surface area contributed by atoms with Gasteiger partial charge in [0.05, 0.1) is 6.07 Å². The summed E-state index contributed by atoms with van der Waals surface area (Å²) in [7, 11) is 0. The monoisotopic (exact) mass is 297 g/mol. The second kappa shape index (κ2) is 7.76. The molecule has 0 bridgehead atoms. The van der Waals surface area contributed by atoms with Crippen molar-refractivity contribution < 1.29 is 0 Å². The number of nitrogens with zero attached hydrogens (tertiary/aromatic N) is 2. The molecule has 22 heavy (non-hydrogen) atoms. The Balaban J connectivity index is 1.50. The second-order valence-electron chi connectivity index (χ2n) is 6.87. The van der Waals surface area contributed by atoms with Gasteiger partial charge in [0.2, 0.25) is 0 Å². The lowest BCUT2D eigenvalue weighted by Crippen LogP contribution is -2.33. The largest absolute Gasteiger partial charge is 0.310 e. The first-order valence-electron chi connectivity index (χ1n) is 8.76. The number of hydrogen-bond donors (Lipinski definition) is 1. The zero-order chi connectivity index (χ0) is 15.2. The minimum atomic E-state index is 0.257. The van der Waals surface area contributed by atoms with Crippen molar-refractivity contribution in [1.82, 2.24) is 10.2 Å². The number of likely N-dealkylation sites (tertiary alicyclic amines) is 1. The summed E-state index contributed by atoms with van der Waals surface area (Å²) in [6.45, 7) is 4.52. The maximum atomic E-state index is 9.08. The topological polar surface area (TPSA) is 39.1 Å². The van der Waals surface area contributed by atoms with E-state index >= 15 is 0 Å². The lowest BCUT2D eigenvalue weighted by molar-refractivity contribution is 0.325. The fourth-order valence-corrected chi connectivity index (χ4v) is 3.79. The SMILES string of the molecule is N#C[C@H]1CCC[C@@H](NCc2cccc(CN3CCCC3)c2)C1. The Labute approximate surface area is 134 Å². The van der Waals surface area contributed by atoms with Crippen molar-refractivity contribution in [2.45, 2.75) is 57.7 Å². The highest BCUT2D eigenvalue weighted by Gasteiger charge is 2.21. The van der Waals surface area contributed by atoms with Crippen LogP contribution in [-0.4, -0.2) is 24.0 Å². The van der Waals surface area contributed by atoms with Gasteiger partial charge in [0.15, 0.2) is 0 Å². The third-order valence-electron chi connectivity index (χ3n) is 5.05. The van der Waals surface area contributed by atoms with Crippen molar-refractivity contribution in [3.8, 4) is 6.07 Å². The first-order chi connectivity index (χ1) is 10.8. The average Bonchev–Trinajstić information content (AvgIpc) is 3.06. The molecule has 1 aliphatic heterocycles. The highest BCUT2D eigenvalue weighted by molar-refractivity contribution is 5.23. The zero-order valence-corrected chi connectivity index (χ0v) is 13.4. The lowest BCUT2D eigenvalue weighted by Gasteiger charge is -2.26. The van der Waals surface area contributed by atoms with E-state index in [4.69, 9.17) is 5.26 Å². The first kappa shape index (κ1) is 15.5. The molecule has 3 heteroatoms. The van der Waals surface area contributed by atoms with E-state index in [0.717, 1.165) is 25.9 Å². The van der Waals surface area contributed by atoms with E-state index in [-0.39, 0.29) is 5.92 Å².